The first-order valence-electron chi connectivity index (χ1n) is 7.85. The number of halogens is 3. The molecule has 0 bridgehead atoms. The van der Waals surface area contributed by atoms with E-state index in [2.05, 4.69) is 25.6 Å². The molecule has 0 amide bonds. The van der Waals surface area contributed by atoms with Gasteiger partial charge in [0.25, 0.3) is 10.0 Å². The van der Waals surface area contributed by atoms with Crippen LogP contribution in [0.25, 0.3) is 0 Å². The Hall–Kier alpha value is -2.06. The summed E-state index contributed by atoms with van der Waals surface area (Å²) in [6.07, 6.45) is 0. The molecule has 0 fully saturated rings. The predicted octanol–water partition coefficient (Wildman–Crippen LogP) is 5.00. The molecule has 0 aliphatic heterocycles. The van der Waals surface area contributed by atoms with Gasteiger partial charge in [-0.2, -0.15) is 0 Å². The number of rotatable bonds is 5. The van der Waals surface area contributed by atoms with E-state index < -0.39 is 15.9 Å². The van der Waals surface area contributed by atoms with Gasteiger partial charge in [0, 0.05) is 15.1 Å². The van der Waals surface area contributed by atoms with Crippen molar-refractivity contribution in [2.45, 2.75) is 4.90 Å². The lowest BCUT2D eigenvalue weighted by atomic mass is 10.2. The van der Waals surface area contributed by atoms with Gasteiger partial charge in [0.15, 0.2) is 0 Å². The van der Waals surface area contributed by atoms with Crippen molar-refractivity contribution in [3.63, 3.8) is 0 Å². The number of hydrogen-bond donors (Lipinski definition) is 1. The molecule has 0 aliphatic rings. The van der Waals surface area contributed by atoms with Gasteiger partial charge in [-0.15, -0.1) is 0 Å². The second-order valence-electron chi connectivity index (χ2n) is 5.62. The summed E-state index contributed by atoms with van der Waals surface area (Å²) in [6, 6.07) is 16.9. The zero-order valence-corrected chi connectivity index (χ0v) is 18.0. The van der Waals surface area contributed by atoms with Gasteiger partial charge in [-0.1, -0.05) is 57.3 Å². The lowest BCUT2D eigenvalue weighted by molar-refractivity contribution is -0.212. The van der Waals surface area contributed by atoms with E-state index in [1.807, 2.05) is 0 Å². The number of sulfonamides is 1. The maximum atomic E-state index is 12.7. The molecule has 28 heavy (non-hydrogen) atoms. The SMILES string of the molecule is O=S(=O)(Nc1ccccc1C([O-])=Nc1cc(Cl)ccc1Cl)c1ccc(Br)cc1. The van der Waals surface area contributed by atoms with E-state index in [1.54, 1.807) is 30.3 Å². The Labute approximate surface area is 180 Å². The molecule has 5 nitrogen and oxygen atoms in total. The Balaban J connectivity index is 1.98. The molecule has 0 radical (unpaired) electrons. The molecule has 0 aromatic heterocycles. The zero-order valence-electron chi connectivity index (χ0n) is 14.1. The van der Waals surface area contributed by atoms with Crippen LogP contribution < -0.4 is 9.83 Å². The summed E-state index contributed by atoms with van der Waals surface area (Å²) in [7, 11) is -3.89. The van der Waals surface area contributed by atoms with Crippen molar-refractivity contribution in [1.82, 2.24) is 0 Å². The Bertz CT molecular complexity index is 1150. The van der Waals surface area contributed by atoms with Crippen LogP contribution in [0.1, 0.15) is 5.56 Å². The van der Waals surface area contributed by atoms with E-state index in [1.165, 1.54) is 36.4 Å². The number of para-hydroxylation sites is 1. The molecular formula is C19H12BrCl2N2O3S-. The molecule has 3 aromatic carbocycles. The van der Waals surface area contributed by atoms with Gasteiger partial charge in [0.2, 0.25) is 0 Å². The number of anilines is 1. The van der Waals surface area contributed by atoms with Crippen LogP contribution in [0.3, 0.4) is 0 Å². The van der Waals surface area contributed by atoms with E-state index in [4.69, 9.17) is 23.2 Å². The minimum absolute atomic E-state index is 0.0628. The van der Waals surface area contributed by atoms with Gasteiger partial charge in [-0.25, -0.2) is 8.42 Å². The number of aliphatic imine (C=N–C) groups is 1. The monoisotopic (exact) mass is 497 g/mol. The topological polar surface area (TPSA) is 81.6 Å². The normalized spacial score (nSPS) is 12.0. The average molecular weight is 499 g/mol. The Morgan fingerprint density at radius 2 is 1.68 bits per heavy atom. The molecule has 0 unspecified atom stereocenters. The molecule has 0 heterocycles. The Kier molecular flexibility index (Phi) is 6.30. The molecule has 0 spiro atoms. The molecule has 0 saturated carbocycles. The highest BCUT2D eigenvalue weighted by Crippen LogP contribution is 2.29. The van der Waals surface area contributed by atoms with Crippen molar-refractivity contribution >= 4 is 66.4 Å². The van der Waals surface area contributed by atoms with Crippen molar-refractivity contribution in [2.24, 2.45) is 4.99 Å². The Morgan fingerprint density at radius 1 is 1.00 bits per heavy atom. The maximum Gasteiger partial charge on any atom is 0.261 e. The second kappa shape index (κ2) is 8.53. The average Bonchev–Trinajstić information content (AvgIpc) is 2.65. The third-order valence-electron chi connectivity index (χ3n) is 3.66. The van der Waals surface area contributed by atoms with E-state index in [-0.39, 0.29) is 26.9 Å². The lowest BCUT2D eigenvalue weighted by Gasteiger charge is -2.17. The molecule has 9 heteroatoms. The summed E-state index contributed by atoms with van der Waals surface area (Å²) in [6.45, 7) is 0. The van der Waals surface area contributed by atoms with Gasteiger partial charge in [-0.05, 0) is 54.4 Å². The summed E-state index contributed by atoms with van der Waals surface area (Å²) in [5, 5.41) is 13.3. The maximum absolute atomic E-state index is 12.7. The Morgan fingerprint density at radius 3 is 2.39 bits per heavy atom. The standard InChI is InChI=1S/C19H13BrCl2N2O3S/c20-12-5-8-14(9-6-12)28(26,27)24-17-4-2-1-3-15(17)19(25)23-18-11-13(21)7-10-16(18)22/h1-11,24H,(H,23,25)/p-1. The quantitative estimate of drug-likeness (QED) is 0.397. The smallest absolute Gasteiger partial charge is 0.261 e. The van der Waals surface area contributed by atoms with Crippen molar-refractivity contribution in [3.8, 4) is 0 Å². The number of hydrogen-bond acceptors (Lipinski definition) is 4. The van der Waals surface area contributed by atoms with Crippen molar-refractivity contribution in [3.05, 3.63) is 86.8 Å². The van der Waals surface area contributed by atoms with Gasteiger partial charge in [-0.3, -0.25) is 9.71 Å². The van der Waals surface area contributed by atoms with E-state index in [0.717, 1.165) is 4.47 Å². The molecular weight excluding hydrogens is 487 g/mol. The highest BCUT2D eigenvalue weighted by atomic mass is 79.9. The molecule has 1 N–H and O–H groups in total. The lowest BCUT2D eigenvalue weighted by Crippen LogP contribution is -2.22. The fraction of sp³-hybridized carbons (Fsp3) is 0. The molecule has 0 aliphatic carbocycles. The number of nitrogens with zero attached hydrogens (tertiary/aromatic N) is 1. The van der Waals surface area contributed by atoms with Crippen LogP contribution in [0, 0.1) is 0 Å². The zero-order chi connectivity index (χ0) is 20.3. The fourth-order valence-electron chi connectivity index (χ4n) is 2.32. The third-order valence-corrected chi connectivity index (χ3v) is 6.12. The summed E-state index contributed by atoms with van der Waals surface area (Å²) in [4.78, 5) is 4.03. The van der Waals surface area contributed by atoms with Crippen molar-refractivity contribution in [1.29, 1.82) is 0 Å². The van der Waals surface area contributed by atoms with Crippen LogP contribution in [0.5, 0.6) is 0 Å². The van der Waals surface area contributed by atoms with Crippen LogP contribution in [0.2, 0.25) is 10.0 Å². The van der Waals surface area contributed by atoms with Gasteiger partial charge < -0.3 is 5.11 Å². The van der Waals surface area contributed by atoms with E-state index >= 15 is 0 Å². The van der Waals surface area contributed by atoms with E-state index in [0.29, 0.717) is 5.02 Å². The van der Waals surface area contributed by atoms with Crippen LogP contribution >= 0.6 is 39.1 Å². The first-order valence-corrected chi connectivity index (χ1v) is 10.9. The first-order chi connectivity index (χ1) is 13.3. The van der Waals surface area contributed by atoms with Gasteiger partial charge in [0.05, 0.1) is 21.3 Å². The largest absolute Gasteiger partial charge is 0.858 e. The summed E-state index contributed by atoms with van der Waals surface area (Å²) < 4.78 is 28.5. The highest BCUT2D eigenvalue weighted by molar-refractivity contribution is 9.10. The second-order valence-corrected chi connectivity index (χ2v) is 9.06. The molecule has 3 rings (SSSR count). The fourth-order valence-corrected chi connectivity index (χ4v) is 3.99. The predicted molar refractivity (Wildman–Crippen MR) is 114 cm³/mol. The first kappa shape index (κ1) is 20.7. The van der Waals surface area contributed by atoms with Gasteiger partial charge in [0.1, 0.15) is 0 Å². The minimum atomic E-state index is -3.89. The summed E-state index contributed by atoms with van der Waals surface area (Å²) >= 11 is 15.2. The van der Waals surface area contributed by atoms with Crippen LogP contribution in [0.15, 0.2) is 81.1 Å². The number of nitrogens with one attached hydrogen (secondary N) is 1. The summed E-state index contributed by atoms with van der Waals surface area (Å²) in [5.74, 6) is -0.654. The minimum Gasteiger partial charge on any atom is -0.858 e. The van der Waals surface area contributed by atoms with Gasteiger partial charge >= 0.3 is 0 Å². The molecule has 3 aromatic rings. The highest BCUT2D eigenvalue weighted by Gasteiger charge is 2.16. The molecule has 0 atom stereocenters. The third kappa shape index (κ3) is 4.86. The molecule has 0 saturated heterocycles. The summed E-state index contributed by atoms with van der Waals surface area (Å²) in [5.41, 5.74) is 0.390. The van der Waals surface area contributed by atoms with Crippen LogP contribution in [0.4, 0.5) is 11.4 Å². The van der Waals surface area contributed by atoms with Crippen molar-refractivity contribution in [2.75, 3.05) is 4.72 Å². The molecule has 144 valence electrons. The van der Waals surface area contributed by atoms with Crippen molar-refractivity contribution < 1.29 is 13.5 Å². The number of benzene rings is 3. The van der Waals surface area contributed by atoms with Crippen LogP contribution in [-0.4, -0.2) is 14.3 Å². The van der Waals surface area contributed by atoms with E-state index in [9.17, 15) is 13.5 Å². The van der Waals surface area contributed by atoms with Crippen LogP contribution in [-0.2, 0) is 10.0 Å².